The number of methoxy groups -OCH3 is 1. The molecule has 0 saturated carbocycles. The number of amides is 1. The summed E-state index contributed by atoms with van der Waals surface area (Å²) in [5.41, 5.74) is 1.66. The molecular formula is C14H14N2O4S. The van der Waals surface area contributed by atoms with E-state index in [0.29, 0.717) is 11.3 Å². The standard InChI is InChI=1S/C14H14N2O4S/c1-8-5-3-4-6-9(8)12(17)16-14-15-10(7-20-2)11(21-14)13(18)19/h3-6H,7H2,1-2H3,(H,18,19)(H,15,16,17). The summed E-state index contributed by atoms with van der Waals surface area (Å²) in [6.07, 6.45) is 0. The zero-order valence-electron chi connectivity index (χ0n) is 11.5. The smallest absolute Gasteiger partial charge is 0.347 e. The van der Waals surface area contributed by atoms with E-state index < -0.39 is 5.97 Å². The van der Waals surface area contributed by atoms with Gasteiger partial charge >= 0.3 is 5.97 Å². The molecule has 0 saturated heterocycles. The molecule has 2 rings (SSSR count). The first-order valence-electron chi connectivity index (χ1n) is 6.12. The monoisotopic (exact) mass is 306 g/mol. The maximum atomic E-state index is 12.2. The molecule has 0 unspecified atom stereocenters. The number of benzene rings is 1. The molecule has 0 bridgehead atoms. The Labute approximate surface area is 125 Å². The summed E-state index contributed by atoms with van der Waals surface area (Å²) in [6, 6.07) is 7.14. The van der Waals surface area contributed by atoms with Crippen molar-refractivity contribution in [1.82, 2.24) is 4.98 Å². The second kappa shape index (κ2) is 6.47. The molecular weight excluding hydrogens is 292 g/mol. The van der Waals surface area contributed by atoms with Gasteiger partial charge in [-0.25, -0.2) is 9.78 Å². The van der Waals surface area contributed by atoms with Gasteiger partial charge in [0.15, 0.2) is 5.13 Å². The molecule has 1 aromatic carbocycles. The van der Waals surface area contributed by atoms with Crippen molar-refractivity contribution in [2.24, 2.45) is 0 Å². The first-order valence-corrected chi connectivity index (χ1v) is 6.93. The third-order valence-corrected chi connectivity index (χ3v) is 3.78. The molecule has 1 aromatic heterocycles. The van der Waals surface area contributed by atoms with Gasteiger partial charge in [0, 0.05) is 12.7 Å². The number of carboxylic acid groups (broad SMARTS) is 1. The van der Waals surface area contributed by atoms with Crippen LogP contribution >= 0.6 is 11.3 Å². The van der Waals surface area contributed by atoms with Crippen molar-refractivity contribution in [2.45, 2.75) is 13.5 Å². The third kappa shape index (κ3) is 3.45. The lowest BCUT2D eigenvalue weighted by Crippen LogP contribution is -2.13. The van der Waals surface area contributed by atoms with Gasteiger partial charge in [-0.15, -0.1) is 0 Å². The number of nitrogens with zero attached hydrogens (tertiary/aromatic N) is 1. The number of hydrogen-bond acceptors (Lipinski definition) is 5. The SMILES string of the molecule is COCc1nc(NC(=O)c2ccccc2C)sc1C(=O)O. The van der Waals surface area contributed by atoms with Gasteiger partial charge in [0.25, 0.3) is 5.91 Å². The molecule has 2 aromatic rings. The molecule has 110 valence electrons. The van der Waals surface area contributed by atoms with Gasteiger partial charge in [0.05, 0.1) is 12.3 Å². The number of anilines is 1. The molecule has 0 fully saturated rings. The fourth-order valence-corrected chi connectivity index (χ4v) is 2.60. The van der Waals surface area contributed by atoms with E-state index in [1.54, 1.807) is 12.1 Å². The van der Waals surface area contributed by atoms with Crippen molar-refractivity contribution >= 4 is 28.3 Å². The van der Waals surface area contributed by atoms with Crippen LogP contribution in [0.2, 0.25) is 0 Å². The van der Waals surface area contributed by atoms with Crippen molar-refractivity contribution in [2.75, 3.05) is 12.4 Å². The van der Waals surface area contributed by atoms with Crippen LogP contribution in [0.15, 0.2) is 24.3 Å². The van der Waals surface area contributed by atoms with Crippen LogP contribution in [0.1, 0.15) is 31.3 Å². The van der Waals surface area contributed by atoms with Crippen molar-refractivity contribution in [3.05, 3.63) is 46.0 Å². The number of carbonyl (C=O) groups is 2. The lowest BCUT2D eigenvalue weighted by molar-refractivity contribution is 0.0696. The van der Waals surface area contributed by atoms with Crippen molar-refractivity contribution in [3.63, 3.8) is 0 Å². The van der Waals surface area contributed by atoms with Gasteiger partial charge in [-0.3, -0.25) is 10.1 Å². The van der Waals surface area contributed by atoms with Gasteiger partial charge in [0.1, 0.15) is 4.88 Å². The molecule has 0 atom stereocenters. The summed E-state index contributed by atoms with van der Waals surface area (Å²) in [5, 5.41) is 12.0. The van der Waals surface area contributed by atoms with E-state index >= 15 is 0 Å². The first kappa shape index (κ1) is 15.1. The highest BCUT2D eigenvalue weighted by Gasteiger charge is 2.19. The Balaban J connectivity index is 2.24. The average Bonchev–Trinajstić information content (AvgIpc) is 2.82. The highest BCUT2D eigenvalue weighted by molar-refractivity contribution is 7.17. The number of thiazole rings is 1. The Hall–Kier alpha value is -2.25. The van der Waals surface area contributed by atoms with Gasteiger partial charge in [-0.1, -0.05) is 29.5 Å². The number of carboxylic acids is 1. The number of aryl methyl sites for hydroxylation is 1. The maximum Gasteiger partial charge on any atom is 0.347 e. The lowest BCUT2D eigenvalue weighted by Gasteiger charge is -2.04. The molecule has 2 N–H and O–H groups in total. The molecule has 0 spiro atoms. The Morgan fingerprint density at radius 3 is 2.71 bits per heavy atom. The molecule has 0 aliphatic rings. The van der Waals surface area contributed by atoms with E-state index in [9.17, 15) is 9.59 Å². The minimum atomic E-state index is -1.09. The van der Waals surface area contributed by atoms with Crippen LogP contribution in [0, 0.1) is 6.92 Å². The summed E-state index contributed by atoms with van der Waals surface area (Å²) in [5.74, 6) is -1.40. The summed E-state index contributed by atoms with van der Waals surface area (Å²) in [7, 11) is 1.45. The van der Waals surface area contributed by atoms with E-state index in [-0.39, 0.29) is 22.5 Å². The number of carbonyl (C=O) groups excluding carboxylic acids is 1. The fraction of sp³-hybridized carbons (Fsp3) is 0.214. The Morgan fingerprint density at radius 1 is 1.38 bits per heavy atom. The van der Waals surface area contributed by atoms with E-state index in [4.69, 9.17) is 9.84 Å². The third-order valence-electron chi connectivity index (χ3n) is 2.78. The quantitative estimate of drug-likeness (QED) is 0.886. The number of ether oxygens (including phenoxy) is 1. The second-order valence-corrected chi connectivity index (χ2v) is 5.30. The van der Waals surface area contributed by atoms with Crippen LogP contribution < -0.4 is 5.32 Å². The number of rotatable bonds is 5. The van der Waals surface area contributed by atoms with Crippen LogP contribution in [-0.2, 0) is 11.3 Å². The average molecular weight is 306 g/mol. The van der Waals surface area contributed by atoms with Crippen LogP contribution in [0.5, 0.6) is 0 Å². The topological polar surface area (TPSA) is 88.5 Å². The second-order valence-electron chi connectivity index (χ2n) is 4.30. The minimum absolute atomic E-state index is 0.0666. The van der Waals surface area contributed by atoms with Crippen LogP contribution in [0.3, 0.4) is 0 Å². The van der Waals surface area contributed by atoms with Gasteiger partial charge < -0.3 is 9.84 Å². The van der Waals surface area contributed by atoms with E-state index in [1.165, 1.54) is 7.11 Å². The molecule has 0 radical (unpaired) electrons. The zero-order valence-corrected chi connectivity index (χ0v) is 12.4. The van der Waals surface area contributed by atoms with Gasteiger partial charge in [-0.2, -0.15) is 0 Å². The summed E-state index contributed by atoms with van der Waals surface area (Å²) >= 11 is 0.914. The number of aromatic carboxylic acids is 1. The van der Waals surface area contributed by atoms with E-state index in [0.717, 1.165) is 16.9 Å². The predicted octanol–water partition coefficient (Wildman–Crippen LogP) is 2.55. The number of aromatic nitrogens is 1. The van der Waals surface area contributed by atoms with Crippen molar-refractivity contribution < 1.29 is 19.4 Å². The van der Waals surface area contributed by atoms with E-state index in [2.05, 4.69) is 10.3 Å². The van der Waals surface area contributed by atoms with Crippen molar-refractivity contribution in [1.29, 1.82) is 0 Å². The summed E-state index contributed by atoms with van der Waals surface area (Å²) in [6.45, 7) is 1.91. The molecule has 7 heteroatoms. The number of hydrogen-bond donors (Lipinski definition) is 2. The Bertz CT molecular complexity index is 681. The molecule has 0 aliphatic heterocycles. The molecule has 6 nitrogen and oxygen atoms in total. The van der Waals surface area contributed by atoms with Gasteiger partial charge in [0.2, 0.25) is 0 Å². The minimum Gasteiger partial charge on any atom is -0.477 e. The molecule has 0 aliphatic carbocycles. The lowest BCUT2D eigenvalue weighted by atomic mass is 10.1. The summed E-state index contributed by atoms with van der Waals surface area (Å²) < 4.78 is 4.91. The van der Waals surface area contributed by atoms with Crippen LogP contribution in [0.25, 0.3) is 0 Å². The molecule has 1 heterocycles. The largest absolute Gasteiger partial charge is 0.477 e. The fourth-order valence-electron chi connectivity index (χ4n) is 1.80. The first-order chi connectivity index (χ1) is 10.0. The normalized spacial score (nSPS) is 10.4. The maximum absolute atomic E-state index is 12.2. The Kier molecular flexibility index (Phi) is 4.66. The van der Waals surface area contributed by atoms with Crippen LogP contribution in [-0.4, -0.2) is 29.1 Å². The van der Waals surface area contributed by atoms with Gasteiger partial charge in [-0.05, 0) is 18.6 Å². The predicted molar refractivity (Wildman–Crippen MR) is 78.9 cm³/mol. The Morgan fingerprint density at radius 2 is 2.10 bits per heavy atom. The molecule has 1 amide bonds. The summed E-state index contributed by atoms with van der Waals surface area (Å²) in [4.78, 5) is 27.4. The zero-order chi connectivity index (χ0) is 15.4. The van der Waals surface area contributed by atoms with Crippen molar-refractivity contribution in [3.8, 4) is 0 Å². The van der Waals surface area contributed by atoms with E-state index in [1.807, 2.05) is 19.1 Å². The number of nitrogens with one attached hydrogen (secondary N) is 1. The van der Waals surface area contributed by atoms with Crippen LogP contribution in [0.4, 0.5) is 5.13 Å². The highest BCUT2D eigenvalue weighted by Crippen LogP contribution is 2.24. The molecule has 21 heavy (non-hydrogen) atoms. The highest BCUT2D eigenvalue weighted by atomic mass is 32.1.